The van der Waals surface area contributed by atoms with Crippen molar-refractivity contribution in [2.24, 2.45) is 0 Å². The Morgan fingerprint density at radius 3 is 2.26 bits per heavy atom. The molecule has 1 aromatic heterocycles. The summed E-state index contributed by atoms with van der Waals surface area (Å²) in [6.45, 7) is 0.876. The van der Waals surface area contributed by atoms with E-state index in [0.29, 0.717) is 41.6 Å². The minimum Gasteiger partial charge on any atom is -0.497 e. The Balaban J connectivity index is 1.36. The van der Waals surface area contributed by atoms with Gasteiger partial charge in [0.1, 0.15) is 22.2 Å². The highest BCUT2D eigenvalue weighted by Gasteiger charge is 2.30. The summed E-state index contributed by atoms with van der Waals surface area (Å²) in [4.78, 5) is 20.1. The first kappa shape index (κ1) is 32.7. The van der Waals surface area contributed by atoms with Crippen molar-refractivity contribution in [2.45, 2.75) is 38.3 Å². The van der Waals surface area contributed by atoms with E-state index in [-0.39, 0.29) is 24.2 Å². The summed E-state index contributed by atoms with van der Waals surface area (Å²) in [7, 11) is 3.12. The average molecular weight is 646 g/mol. The second kappa shape index (κ2) is 15.1. The molecule has 0 spiro atoms. The minimum atomic E-state index is -4.45. The molecule has 1 N–H and O–H groups in total. The van der Waals surface area contributed by atoms with Gasteiger partial charge >= 0.3 is 6.18 Å². The summed E-state index contributed by atoms with van der Waals surface area (Å²) in [5.41, 5.74) is 2.99. The number of hydrogen-bond acceptors (Lipinski definition) is 6. The van der Waals surface area contributed by atoms with Gasteiger partial charge in [-0.05, 0) is 35.2 Å². The van der Waals surface area contributed by atoms with Crippen LogP contribution >= 0.6 is 11.3 Å². The van der Waals surface area contributed by atoms with Gasteiger partial charge in [0, 0.05) is 30.1 Å². The Kier molecular flexibility index (Phi) is 10.7. The number of aromatic nitrogens is 1. The quantitative estimate of drug-likeness (QED) is 0.140. The summed E-state index contributed by atoms with van der Waals surface area (Å²) in [6.07, 6.45) is -3.84. The number of carbonyl (C=O) groups excluding carboxylic acids is 1. The highest BCUT2D eigenvalue weighted by Crippen LogP contribution is 2.31. The zero-order chi connectivity index (χ0) is 32.5. The number of amides is 1. The van der Waals surface area contributed by atoms with Crippen LogP contribution in [0.4, 0.5) is 13.2 Å². The molecule has 4 aromatic carbocycles. The van der Waals surface area contributed by atoms with Crippen molar-refractivity contribution in [1.29, 1.82) is 0 Å². The van der Waals surface area contributed by atoms with E-state index in [4.69, 9.17) is 9.47 Å². The van der Waals surface area contributed by atoms with Crippen LogP contribution in [0.2, 0.25) is 0 Å². The maximum Gasteiger partial charge on any atom is 0.416 e. The van der Waals surface area contributed by atoms with Crippen LogP contribution in [0.25, 0.3) is 0 Å². The molecule has 0 saturated heterocycles. The van der Waals surface area contributed by atoms with Crippen LogP contribution in [0.3, 0.4) is 0 Å². The Labute approximate surface area is 270 Å². The fourth-order valence-corrected chi connectivity index (χ4v) is 6.01. The zero-order valence-electron chi connectivity index (χ0n) is 25.5. The molecule has 10 heteroatoms. The van der Waals surface area contributed by atoms with E-state index < -0.39 is 11.7 Å². The SMILES string of the molecule is COc1ccc(CN(Cc2cccc(C(F)(F)F)c2)Cc2nc(C(=O)N[C@H](Cc3ccccc3)c3ccccc3)cs2)c(OC)c1. The molecule has 0 aliphatic rings. The number of carbonyl (C=O) groups is 1. The van der Waals surface area contributed by atoms with E-state index >= 15 is 0 Å². The molecule has 1 amide bonds. The predicted molar refractivity (Wildman–Crippen MR) is 173 cm³/mol. The normalized spacial score (nSPS) is 12.1. The minimum absolute atomic E-state index is 0.216. The Hall–Kier alpha value is -4.67. The lowest BCUT2D eigenvalue weighted by Crippen LogP contribution is -2.30. The van der Waals surface area contributed by atoms with Gasteiger partial charge in [0.05, 0.1) is 32.4 Å². The molecule has 5 aromatic rings. The monoisotopic (exact) mass is 645 g/mol. The summed E-state index contributed by atoms with van der Waals surface area (Å²) >= 11 is 1.33. The van der Waals surface area contributed by atoms with Crippen molar-refractivity contribution < 1.29 is 27.4 Å². The number of benzene rings is 4. The molecule has 0 saturated carbocycles. The Bertz CT molecular complexity index is 1730. The van der Waals surface area contributed by atoms with Gasteiger partial charge in [-0.3, -0.25) is 9.69 Å². The maximum atomic E-state index is 13.5. The van der Waals surface area contributed by atoms with E-state index in [2.05, 4.69) is 10.3 Å². The standard InChI is InChI=1S/C36H34F3N3O3S/c1-44-30-17-16-28(33(20-30)45-2)22-42(21-26-12-9-15-29(18-26)36(37,38)39)23-34-40-32(24-46-34)35(43)41-31(27-13-7-4-8-14-27)19-25-10-5-3-6-11-25/h3-18,20,24,31H,19,21-23H2,1-2H3,(H,41,43)/t31-/m1/s1. The third-order valence-electron chi connectivity index (χ3n) is 7.48. The molecule has 0 bridgehead atoms. The van der Waals surface area contributed by atoms with Crippen LogP contribution < -0.4 is 14.8 Å². The van der Waals surface area contributed by atoms with Gasteiger partial charge in [-0.15, -0.1) is 11.3 Å². The molecule has 0 fully saturated rings. The van der Waals surface area contributed by atoms with Crippen molar-refractivity contribution in [1.82, 2.24) is 15.2 Å². The van der Waals surface area contributed by atoms with E-state index in [1.165, 1.54) is 17.4 Å². The zero-order valence-corrected chi connectivity index (χ0v) is 26.3. The van der Waals surface area contributed by atoms with E-state index in [9.17, 15) is 18.0 Å². The Morgan fingerprint density at radius 1 is 0.848 bits per heavy atom. The van der Waals surface area contributed by atoms with Crippen molar-refractivity contribution in [3.8, 4) is 11.5 Å². The summed E-state index contributed by atoms with van der Waals surface area (Å²) < 4.78 is 51.3. The summed E-state index contributed by atoms with van der Waals surface area (Å²) in [5.74, 6) is 0.924. The molecule has 1 heterocycles. The van der Waals surface area contributed by atoms with Gasteiger partial charge in [-0.2, -0.15) is 13.2 Å². The smallest absolute Gasteiger partial charge is 0.416 e. The maximum absolute atomic E-state index is 13.5. The number of alkyl halides is 3. The molecular weight excluding hydrogens is 611 g/mol. The number of thiazole rings is 1. The number of nitrogens with one attached hydrogen (secondary N) is 1. The fourth-order valence-electron chi connectivity index (χ4n) is 5.19. The van der Waals surface area contributed by atoms with Crippen LogP contribution in [-0.2, 0) is 32.2 Å². The number of nitrogens with zero attached hydrogens (tertiary/aromatic N) is 2. The third-order valence-corrected chi connectivity index (χ3v) is 8.32. The number of halogens is 3. The number of rotatable bonds is 13. The molecule has 46 heavy (non-hydrogen) atoms. The predicted octanol–water partition coefficient (Wildman–Crippen LogP) is 8.10. The summed E-state index contributed by atoms with van der Waals surface area (Å²) in [6, 6.07) is 30.2. The second-order valence-electron chi connectivity index (χ2n) is 10.8. The van der Waals surface area contributed by atoms with Crippen LogP contribution in [0.5, 0.6) is 11.5 Å². The number of ether oxygens (including phenoxy) is 2. The second-order valence-corrected chi connectivity index (χ2v) is 11.7. The highest BCUT2D eigenvalue weighted by atomic mass is 32.1. The first-order valence-corrected chi connectivity index (χ1v) is 15.5. The van der Waals surface area contributed by atoms with Gasteiger partial charge < -0.3 is 14.8 Å². The van der Waals surface area contributed by atoms with Crippen LogP contribution in [-0.4, -0.2) is 30.0 Å². The lowest BCUT2D eigenvalue weighted by Gasteiger charge is -2.23. The van der Waals surface area contributed by atoms with E-state index in [1.54, 1.807) is 31.7 Å². The first-order chi connectivity index (χ1) is 22.2. The largest absolute Gasteiger partial charge is 0.497 e. The molecule has 5 rings (SSSR count). The van der Waals surface area contributed by atoms with E-state index in [0.717, 1.165) is 28.8 Å². The number of methoxy groups -OCH3 is 2. The van der Waals surface area contributed by atoms with Gasteiger partial charge in [0.2, 0.25) is 0 Å². The highest BCUT2D eigenvalue weighted by molar-refractivity contribution is 7.09. The summed E-state index contributed by atoms with van der Waals surface area (Å²) in [5, 5.41) is 5.52. The van der Waals surface area contributed by atoms with Gasteiger partial charge in [0.25, 0.3) is 5.91 Å². The van der Waals surface area contributed by atoms with Crippen LogP contribution in [0.1, 0.15) is 49.4 Å². The van der Waals surface area contributed by atoms with Gasteiger partial charge in [-0.25, -0.2) is 4.98 Å². The van der Waals surface area contributed by atoms with Gasteiger partial charge in [0.15, 0.2) is 0 Å². The van der Waals surface area contributed by atoms with Crippen molar-refractivity contribution in [2.75, 3.05) is 14.2 Å². The average Bonchev–Trinajstić information content (AvgIpc) is 3.54. The van der Waals surface area contributed by atoms with Crippen molar-refractivity contribution >= 4 is 17.2 Å². The molecule has 0 aliphatic carbocycles. The molecule has 1 atom stereocenters. The molecule has 6 nitrogen and oxygen atoms in total. The molecule has 0 aliphatic heterocycles. The number of hydrogen-bond donors (Lipinski definition) is 1. The van der Waals surface area contributed by atoms with Crippen LogP contribution in [0, 0.1) is 0 Å². The lowest BCUT2D eigenvalue weighted by molar-refractivity contribution is -0.137. The third kappa shape index (κ3) is 8.74. The first-order valence-electron chi connectivity index (χ1n) is 14.7. The van der Waals surface area contributed by atoms with Crippen molar-refractivity contribution in [3.63, 3.8) is 0 Å². The fraction of sp³-hybridized carbons (Fsp3) is 0.222. The Morgan fingerprint density at radius 2 is 1.57 bits per heavy atom. The molecule has 238 valence electrons. The van der Waals surface area contributed by atoms with Crippen LogP contribution in [0.15, 0.2) is 109 Å². The topological polar surface area (TPSA) is 63.7 Å². The lowest BCUT2D eigenvalue weighted by atomic mass is 9.99. The van der Waals surface area contributed by atoms with Crippen molar-refractivity contribution in [3.05, 3.63) is 147 Å². The molecular formula is C36H34F3N3O3S. The molecule has 0 unspecified atom stereocenters. The van der Waals surface area contributed by atoms with E-state index in [1.807, 2.05) is 77.7 Å². The van der Waals surface area contributed by atoms with Gasteiger partial charge in [-0.1, -0.05) is 84.9 Å². The molecule has 0 radical (unpaired) electrons.